The zero-order chi connectivity index (χ0) is 16.0. The molecule has 1 aliphatic rings. The van der Waals surface area contributed by atoms with Gasteiger partial charge in [0.25, 0.3) is 0 Å². The molecule has 0 aromatic rings. The van der Waals surface area contributed by atoms with E-state index in [0.717, 1.165) is 12.8 Å². The lowest BCUT2D eigenvalue weighted by atomic mass is 10.0. The Bertz CT molecular complexity index is 362. The number of carbonyl (C=O) groups excluding carboxylic acids is 1. The van der Waals surface area contributed by atoms with E-state index in [2.05, 4.69) is 13.8 Å². The van der Waals surface area contributed by atoms with Gasteiger partial charge in [0, 0.05) is 20.1 Å². The standard InChI is InChI=1S/C15H28N2O4/c1-5-7-17(13-10-21-9-12(13)14(18)19)15(20)16(4)8-11(3)6-2/h11-13H,5-10H2,1-4H3,(H,18,19). The topological polar surface area (TPSA) is 70.1 Å². The number of urea groups is 1. The van der Waals surface area contributed by atoms with Crippen molar-refractivity contribution in [2.75, 3.05) is 33.4 Å². The molecule has 3 atom stereocenters. The highest BCUT2D eigenvalue weighted by Crippen LogP contribution is 2.22. The zero-order valence-electron chi connectivity index (χ0n) is 13.5. The van der Waals surface area contributed by atoms with Gasteiger partial charge in [-0.25, -0.2) is 4.79 Å². The summed E-state index contributed by atoms with van der Waals surface area (Å²) < 4.78 is 5.30. The first kappa shape index (κ1) is 17.8. The third kappa shape index (κ3) is 4.59. The van der Waals surface area contributed by atoms with Gasteiger partial charge in [0.2, 0.25) is 0 Å². The third-order valence-corrected chi connectivity index (χ3v) is 4.09. The molecule has 1 saturated heterocycles. The molecule has 122 valence electrons. The molecule has 1 heterocycles. The lowest BCUT2D eigenvalue weighted by molar-refractivity contribution is -0.142. The summed E-state index contributed by atoms with van der Waals surface area (Å²) in [4.78, 5) is 27.3. The summed E-state index contributed by atoms with van der Waals surface area (Å²) in [5, 5.41) is 9.27. The van der Waals surface area contributed by atoms with Gasteiger partial charge in [-0.2, -0.15) is 0 Å². The highest BCUT2D eigenvalue weighted by molar-refractivity contribution is 5.77. The highest BCUT2D eigenvalue weighted by atomic mass is 16.5. The van der Waals surface area contributed by atoms with Crippen LogP contribution in [-0.4, -0.2) is 66.3 Å². The van der Waals surface area contributed by atoms with Crippen LogP contribution in [0.5, 0.6) is 0 Å². The van der Waals surface area contributed by atoms with E-state index in [1.165, 1.54) is 0 Å². The first-order valence-electron chi connectivity index (χ1n) is 7.74. The van der Waals surface area contributed by atoms with Crippen LogP contribution >= 0.6 is 0 Å². The first-order chi connectivity index (χ1) is 9.92. The second-order valence-electron chi connectivity index (χ2n) is 5.92. The van der Waals surface area contributed by atoms with Gasteiger partial charge in [0.15, 0.2) is 0 Å². The number of nitrogens with zero attached hydrogens (tertiary/aromatic N) is 2. The number of carboxylic acid groups (broad SMARTS) is 1. The van der Waals surface area contributed by atoms with Crippen molar-refractivity contribution in [3.63, 3.8) is 0 Å². The number of amides is 2. The molecule has 21 heavy (non-hydrogen) atoms. The molecule has 2 amide bonds. The SMILES string of the molecule is CCCN(C(=O)N(C)CC(C)CC)C1COCC1C(=O)O. The van der Waals surface area contributed by atoms with Crippen LogP contribution in [0.2, 0.25) is 0 Å². The van der Waals surface area contributed by atoms with Crippen LogP contribution in [0.15, 0.2) is 0 Å². The number of rotatable bonds is 7. The van der Waals surface area contributed by atoms with Crippen LogP contribution in [0.4, 0.5) is 4.79 Å². The van der Waals surface area contributed by atoms with Gasteiger partial charge in [-0.05, 0) is 12.3 Å². The number of hydrogen-bond donors (Lipinski definition) is 1. The lowest BCUT2D eigenvalue weighted by Crippen LogP contribution is -2.51. The van der Waals surface area contributed by atoms with E-state index < -0.39 is 11.9 Å². The van der Waals surface area contributed by atoms with Crippen LogP contribution in [0.25, 0.3) is 0 Å². The minimum Gasteiger partial charge on any atom is -0.481 e. The minimum absolute atomic E-state index is 0.0982. The number of carbonyl (C=O) groups is 2. The normalized spacial score (nSPS) is 22.9. The largest absolute Gasteiger partial charge is 0.481 e. The van der Waals surface area contributed by atoms with Crippen LogP contribution in [0.3, 0.4) is 0 Å². The number of aliphatic carboxylic acids is 1. The van der Waals surface area contributed by atoms with Crippen molar-refractivity contribution < 1.29 is 19.4 Å². The van der Waals surface area contributed by atoms with Gasteiger partial charge in [-0.1, -0.05) is 27.2 Å². The van der Waals surface area contributed by atoms with Crippen molar-refractivity contribution in [1.82, 2.24) is 9.80 Å². The molecule has 0 aromatic heterocycles. The van der Waals surface area contributed by atoms with E-state index in [1.54, 1.807) is 16.8 Å². The Balaban J connectivity index is 2.80. The van der Waals surface area contributed by atoms with Gasteiger partial charge in [-0.15, -0.1) is 0 Å². The molecule has 0 aliphatic carbocycles. The molecule has 0 spiro atoms. The molecule has 6 heteroatoms. The Hall–Kier alpha value is -1.30. The maximum atomic E-state index is 12.6. The Labute approximate surface area is 127 Å². The van der Waals surface area contributed by atoms with Gasteiger partial charge in [0.05, 0.1) is 19.3 Å². The van der Waals surface area contributed by atoms with Crippen molar-refractivity contribution in [1.29, 1.82) is 0 Å². The molecule has 3 unspecified atom stereocenters. The third-order valence-electron chi connectivity index (χ3n) is 4.09. The maximum absolute atomic E-state index is 12.6. The Morgan fingerprint density at radius 2 is 2.00 bits per heavy atom. The second-order valence-corrected chi connectivity index (χ2v) is 5.92. The van der Waals surface area contributed by atoms with Crippen LogP contribution in [0.1, 0.15) is 33.6 Å². The fourth-order valence-electron chi connectivity index (χ4n) is 2.62. The second kappa shape index (κ2) is 8.22. The summed E-state index contributed by atoms with van der Waals surface area (Å²) in [6, 6.07) is -0.465. The first-order valence-corrected chi connectivity index (χ1v) is 7.74. The van der Waals surface area contributed by atoms with Gasteiger partial charge < -0.3 is 19.6 Å². The van der Waals surface area contributed by atoms with Crippen LogP contribution in [0, 0.1) is 11.8 Å². The van der Waals surface area contributed by atoms with Crippen molar-refractivity contribution in [3.05, 3.63) is 0 Å². The summed E-state index contributed by atoms with van der Waals surface area (Å²) in [5.41, 5.74) is 0. The van der Waals surface area contributed by atoms with Crippen molar-refractivity contribution in [2.45, 2.75) is 39.7 Å². The molecular formula is C15H28N2O4. The van der Waals surface area contributed by atoms with Crippen LogP contribution < -0.4 is 0 Å². The monoisotopic (exact) mass is 300 g/mol. The number of carboxylic acids is 1. The van der Waals surface area contributed by atoms with Crippen molar-refractivity contribution in [3.8, 4) is 0 Å². The predicted molar refractivity (Wildman–Crippen MR) is 80.2 cm³/mol. The average molecular weight is 300 g/mol. The van der Waals surface area contributed by atoms with E-state index in [0.29, 0.717) is 25.6 Å². The Morgan fingerprint density at radius 1 is 1.33 bits per heavy atom. The fraction of sp³-hybridized carbons (Fsp3) is 0.867. The minimum atomic E-state index is -0.893. The molecule has 1 aliphatic heterocycles. The van der Waals surface area contributed by atoms with Crippen molar-refractivity contribution in [2.24, 2.45) is 11.8 Å². The average Bonchev–Trinajstić information content (AvgIpc) is 2.93. The summed E-state index contributed by atoms with van der Waals surface area (Å²) >= 11 is 0. The van der Waals surface area contributed by atoms with E-state index >= 15 is 0 Å². The predicted octanol–water partition coefficient (Wildman–Crippen LogP) is 1.90. The van der Waals surface area contributed by atoms with E-state index in [1.807, 2.05) is 6.92 Å². The van der Waals surface area contributed by atoms with Gasteiger partial charge >= 0.3 is 12.0 Å². The van der Waals surface area contributed by atoms with Crippen molar-refractivity contribution >= 4 is 12.0 Å². The molecule has 0 saturated carbocycles. The summed E-state index contributed by atoms with van der Waals surface area (Å²) in [6.07, 6.45) is 1.81. The van der Waals surface area contributed by atoms with Gasteiger partial charge in [0.1, 0.15) is 5.92 Å². The van der Waals surface area contributed by atoms with E-state index in [-0.39, 0.29) is 18.7 Å². The molecule has 1 rings (SSSR count). The molecule has 0 radical (unpaired) electrons. The van der Waals surface area contributed by atoms with E-state index in [9.17, 15) is 14.7 Å². The zero-order valence-corrected chi connectivity index (χ0v) is 13.5. The Morgan fingerprint density at radius 3 is 2.52 bits per heavy atom. The highest BCUT2D eigenvalue weighted by Gasteiger charge is 2.40. The summed E-state index contributed by atoms with van der Waals surface area (Å²) in [6.45, 7) is 7.91. The molecule has 1 N–H and O–H groups in total. The van der Waals surface area contributed by atoms with E-state index in [4.69, 9.17) is 4.74 Å². The van der Waals surface area contributed by atoms with Gasteiger partial charge in [-0.3, -0.25) is 4.79 Å². The smallest absolute Gasteiger partial charge is 0.320 e. The number of hydrogen-bond acceptors (Lipinski definition) is 3. The Kier molecular flexibility index (Phi) is 6.95. The molecule has 0 aromatic carbocycles. The quantitative estimate of drug-likeness (QED) is 0.779. The maximum Gasteiger partial charge on any atom is 0.320 e. The molecule has 6 nitrogen and oxygen atoms in total. The van der Waals surface area contributed by atoms with Crippen LogP contribution in [-0.2, 0) is 9.53 Å². The molecular weight excluding hydrogens is 272 g/mol. The number of ether oxygens (including phenoxy) is 1. The summed E-state index contributed by atoms with van der Waals surface area (Å²) in [5.74, 6) is -1.09. The fourth-order valence-corrected chi connectivity index (χ4v) is 2.62. The molecule has 0 bridgehead atoms. The molecule has 1 fully saturated rings. The lowest BCUT2D eigenvalue weighted by Gasteiger charge is -2.34. The summed E-state index contributed by atoms with van der Waals surface area (Å²) in [7, 11) is 1.78.